The van der Waals surface area contributed by atoms with Gasteiger partial charge >= 0.3 is 0 Å². The van der Waals surface area contributed by atoms with Gasteiger partial charge in [-0.05, 0) is 37.1 Å². The number of aryl methyl sites for hydroxylation is 1. The van der Waals surface area contributed by atoms with E-state index in [1.165, 1.54) is 17.8 Å². The van der Waals surface area contributed by atoms with Crippen molar-refractivity contribution in [2.45, 2.75) is 19.9 Å². The van der Waals surface area contributed by atoms with Gasteiger partial charge < -0.3 is 10.6 Å². The Morgan fingerprint density at radius 2 is 1.86 bits per heavy atom. The number of aromatic nitrogens is 1. The quantitative estimate of drug-likeness (QED) is 0.917. The van der Waals surface area contributed by atoms with Crippen molar-refractivity contribution in [1.29, 1.82) is 0 Å². The standard InChI is InChI=1S/C17H22FN3/c1-12-4-7-15(8-5-12)21(3)11-13(2)17(19)16-9-6-14(18)10-20-16/h4-10,13,17H,11,19H2,1-3H3. The molecule has 21 heavy (non-hydrogen) atoms. The van der Waals surface area contributed by atoms with Gasteiger partial charge in [0.1, 0.15) is 5.82 Å². The molecule has 1 heterocycles. The molecule has 0 saturated carbocycles. The minimum absolute atomic E-state index is 0.203. The summed E-state index contributed by atoms with van der Waals surface area (Å²) in [6.45, 7) is 4.96. The van der Waals surface area contributed by atoms with Crippen molar-refractivity contribution in [2.24, 2.45) is 11.7 Å². The molecule has 0 aliphatic carbocycles. The number of halogens is 1. The first-order valence-electron chi connectivity index (χ1n) is 7.12. The van der Waals surface area contributed by atoms with Gasteiger partial charge in [-0.1, -0.05) is 24.6 Å². The molecular weight excluding hydrogens is 265 g/mol. The third kappa shape index (κ3) is 4.02. The number of pyridine rings is 1. The third-order valence-corrected chi connectivity index (χ3v) is 3.74. The smallest absolute Gasteiger partial charge is 0.141 e. The van der Waals surface area contributed by atoms with Crippen LogP contribution in [-0.2, 0) is 0 Å². The minimum Gasteiger partial charge on any atom is -0.374 e. The molecule has 0 aliphatic rings. The molecule has 2 aromatic rings. The van der Waals surface area contributed by atoms with Crippen molar-refractivity contribution < 1.29 is 4.39 Å². The van der Waals surface area contributed by atoms with Crippen LogP contribution in [0.3, 0.4) is 0 Å². The number of hydrogen-bond donors (Lipinski definition) is 1. The molecule has 4 heteroatoms. The van der Waals surface area contributed by atoms with E-state index in [-0.39, 0.29) is 17.8 Å². The van der Waals surface area contributed by atoms with E-state index < -0.39 is 0 Å². The van der Waals surface area contributed by atoms with Crippen molar-refractivity contribution in [1.82, 2.24) is 4.98 Å². The summed E-state index contributed by atoms with van der Waals surface area (Å²) in [7, 11) is 2.05. The molecule has 0 amide bonds. The Labute approximate surface area is 125 Å². The van der Waals surface area contributed by atoms with E-state index >= 15 is 0 Å². The molecule has 1 aromatic carbocycles. The molecule has 0 radical (unpaired) electrons. The molecule has 0 aliphatic heterocycles. The number of rotatable bonds is 5. The molecule has 0 spiro atoms. The first-order chi connectivity index (χ1) is 9.97. The van der Waals surface area contributed by atoms with E-state index in [9.17, 15) is 4.39 Å². The van der Waals surface area contributed by atoms with Crippen LogP contribution in [0.1, 0.15) is 24.2 Å². The van der Waals surface area contributed by atoms with E-state index in [2.05, 4.69) is 48.0 Å². The Kier molecular flexibility index (Phi) is 4.91. The van der Waals surface area contributed by atoms with E-state index in [1.54, 1.807) is 6.07 Å². The minimum atomic E-state index is -0.338. The van der Waals surface area contributed by atoms with Crippen LogP contribution in [0.25, 0.3) is 0 Å². The molecule has 3 nitrogen and oxygen atoms in total. The fraction of sp³-hybridized carbons (Fsp3) is 0.353. The third-order valence-electron chi connectivity index (χ3n) is 3.74. The van der Waals surface area contributed by atoms with Crippen molar-refractivity contribution in [2.75, 3.05) is 18.5 Å². The summed E-state index contributed by atoms with van der Waals surface area (Å²) in [4.78, 5) is 6.25. The summed E-state index contributed by atoms with van der Waals surface area (Å²) in [6, 6.07) is 11.2. The lowest BCUT2D eigenvalue weighted by atomic mass is 9.98. The van der Waals surface area contributed by atoms with Gasteiger partial charge in [-0.2, -0.15) is 0 Å². The maximum atomic E-state index is 12.9. The fourth-order valence-corrected chi connectivity index (χ4v) is 2.33. The number of nitrogens with two attached hydrogens (primary N) is 1. The summed E-state index contributed by atoms with van der Waals surface area (Å²) in [5.74, 6) is -0.135. The van der Waals surface area contributed by atoms with E-state index in [0.717, 1.165) is 17.9 Å². The van der Waals surface area contributed by atoms with Crippen molar-refractivity contribution in [3.63, 3.8) is 0 Å². The second kappa shape index (κ2) is 6.68. The van der Waals surface area contributed by atoms with Gasteiger partial charge in [0, 0.05) is 19.3 Å². The molecule has 2 rings (SSSR count). The fourth-order valence-electron chi connectivity index (χ4n) is 2.33. The zero-order chi connectivity index (χ0) is 15.4. The second-order valence-electron chi connectivity index (χ2n) is 5.62. The van der Waals surface area contributed by atoms with Gasteiger partial charge in [0.2, 0.25) is 0 Å². The highest BCUT2D eigenvalue weighted by atomic mass is 19.1. The predicted molar refractivity (Wildman–Crippen MR) is 84.7 cm³/mol. The predicted octanol–water partition coefficient (Wildman–Crippen LogP) is 3.30. The first kappa shape index (κ1) is 15.4. The van der Waals surface area contributed by atoms with Crippen LogP contribution in [0.5, 0.6) is 0 Å². The average Bonchev–Trinajstić information content (AvgIpc) is 2.47. The summed E-state index contributed by atoms with van der Waals surface area (Å²) >= 11 is 0. The molecule has 1 aromatic heterocycles. The molecule has 2 N–H and O–H groups in total. The highest BCUT2D eigenvalue weighted by Crippen LogP contribution is 2.21. The number of hydrogen-bond acceptors (Lipinski definition) is 3. The van der Waals surface area contributed by atoms with Gasteiger partial charge in [0.25, 0.3) is 0 Å². The Hall–Kier alpha value is -1.94. The Morgan fingerprint density at radius 3 is 2.43 bits per heavy atom. The molecule has 0 fully saturated rings. The van der Waals surface area contributed by atoms with Crippen molar-refractivity contribution in [3.05, 3.63) is 59.7 Å². The Bertz CT molecular complexity index is 566. The van der Waals surface area contributed by atoms with Crippen LogP contribution in [0.15, 0.2) is 42.6 Å². The lowest BCUT2D eigenvalue weighted by molar-refractivity contribution is 0.462. The van der Waals surface area contributed by atoms with Crippen LogP contribution in [-0.4, -0.2) is 18.6 Å². The van der Waals surface area contributed by atoms with Crippen molar-refractivity contribution in [3.8, 4) is 0 Å². The monoisotopic (exact) mass is 287 g/mol. The molecule has 112 valence electrons. The lowest BCUT2D eigenvalue weighted by Gasteiger charge is -2.27. The number of anilines is 1. The second-order valence-corrected chi connectivity index (χ2v) is 5.62. The van der Waals surface area contributed by atoms with E-state index in [4.69, 9.17) is 5.73 Å². The lowest BCUT2D eigenvalue weighted by Crippen LogP contribution is -2.31. The Morgan fingerprint density at radius 1 is 1.19 bits per heavy atom. The largest absolute Gasteiger partial charge is 0.374 e. The molecular formula is C17H22FN3. The van der Waals surface area contributed by atoms with E-state index in [1.807, 2.05) is 7.05 Å². The summed E-state index contributed by atoms with van der Waals surface area (Å²) < 4.78 is 12.9. The summed E-state index contributed by atoms with van der Waals surface area (Å²) in [6.07, 6.45) is 1.21. The maximum absolute atomic E-state index is 12.9. The zero-order valence-electron chi connectivity index (χ0n) is 12.8. The topological polar surface area (TPSA) is 42.1 Å². The van der Waals surface area contributed by atoms with Gasteiger partial charge in [-0.25, -0.2) is 4.39 Å². The normalized spacial score (nSPS) is 13.8. The molecule has 2 atom stereocenters. The van der Waals surface area contributed by atoms with Gasteiger partial charge in [-0.3, -0.25) is 4.98 Å². The van der Waals surface area contributed by atoms with Crippen LogP contribution in [0, 0.1) is 18.7 Å². The number of benzene rings is 1. The highest BCUT2D eigenvalue weighted by molar-refractivity contribution is 5.46. The van der Waals surface area contributed by atoms with Gasteiger partial charge in [0.05, 0.1) is 17.9 Å². The van der Waals surface area contributed by atoms with Crippen LogP contribution in [0.2, 0.25) is 0 Å². The summed E-state index contributed by atoms with van der Waals surface area (Å²) in [5.41, 5.74) is 9.35. The van der Waals surface area contributed by atoms with E-state index in [0.29, 0.717) is 0 Å². The SMILES string of the molecule is Cc1ccc(N(C)CC(C)C(N)c2ccc(F)cn2)cc1. The molecule has 0 saturated heterocycles. The zero-order valence-corrected chi connectivity index (χ0v) is 12.8. The van der Waals surface area contributed by atoms with Gasteiger partial charge in [-0.15, -0.1) is 0 Å². The van der Waals surface area contributed by atoms with Gasteiger partial charge in [0.15, 0.2) is 0 Å². The van der Waals surface area contributed by atoms with Crippen LogP contribution in [0.4, 0.5) is 10.1 Å². The average molecular weight is 287 g/mol. The maximum Gasteiger partial charge on any atom is 0.141 e. The first-order valence-corrected chi connectivity index (χ1v) is 7.12. The van der Waals surface area contributed by atoms with Crippen LogP contribution < -0.4 is 10.6 Å². The highest BCUT2D eigenvalue weighted by Gasteiger charge is 2.18. The Balaban J connectivity index is 2.01. The number of nitrogens with zero attached hydrogens (tertiary/aromatic N) is 2. The van der Waals surface area contributed by atoms with Crippen LogP contribution >= 0.6 is 0 Å². The molecule has 2 unspecified atom stereocenters. The summed E-state index contributed by atoms with van der Waals surface area (Å²) in [5, 5.41) is 0. The molecule has 0 bridgehead atoms. The van der Waals surface area contributed by atoms with Crippen molar-refractivity contribution >= 4 is 5.69 Å².